The summed E-state index contributed by atoms with van der Waals surface area (Å²) in [5.74, 6) is -0.260. The summed E-state index contributed by atoms with van der Waals surface area (Å²) in [5.41, 5.74) is 2.24. The van der Waals surface area contributed by atoms with Gasteiger partial charge in [0, 0.05) is 0 Å². The van der Waals surface area contributed by atoms with Gasteiger partial charge in [0.05, 0.1) is 16.5 Å². The van der Waals surface area contributed by atoms with Crippen molar-refractivity contribution in [3.8, 4) is 12.1 Å². The molecule has 1 aromatic carbocycles. The van der Waals surface area contributed by atoms with E-state index in [-0.39, 0.29) is 11.4 Å². The van der Waals surface area contributed by atoms with Crippen LogP contribution in [-0.4, -0.2) is 5.78 Å². The van der Waals surface area contributed by atoms with Crippen LogP contribution in [0.2, 0.25) is 0 Å². The topological polar surface area (TPSA) is 64.7 Å². The second-order valence-corrected chi connectivity index (χ2v) is 5.08. The van der Waals surface area contributed by atoms with Gasteiger partial charge in [-0.25, -0.2) is 0 Å². The molecule has 2 aromatic rings. The lowest BCUT2D eigenvalue weighted by Gasteiger charge is -1.99. The minimum Gasteiger partial charge on any atom is -0.287 e. The van der Waals surface area contributed by atoms with Gasteiger partial charge in [0.15, 0.2) is 0 Å². The van der Waals surface area contributed by atoms with Crippen molar-refractivity contribution in [3.05, 3.63) is 62.9 Å². The third kappa shape index (κ3) is 2.83. The van der Waals surface area contributed by atoms with Crippen LogP contribution in [0, 0.1) is 29.6 Å². The van der Waals surface area contributed by atoms with Gasteiger partial charge in [0.25, 0.3) is 0 Å². The Kier molecular flexibility index (Phi) is 4.10. The highest BCUT2D eigenvalue weighted by Crippen LogP contribution is 2.21. The molecule has 0 radical (unpaired) electrons. The highest BCUT2D eigenvalue weighted by Gasteiger charge is 2.15. The van der Waals surface area contributed by atoms with Crippen molar-refractivity contribution in [1.82, 2.24) is 0 Å². The molecular formula is C16H10N2OS. The van der Waals surface area contributed by atoms with Crippen molar-refractivity contribution >= 4 is 23.2 Å². The van der Waals surface area contributed by atoms with Crippen molar-refractivity contribution < 1.29 is 4.79 Å². The monoisotopic (exact) mass is 278 g/mol. The van der Waals surface area contributed by atoms with E-state index in [1.54, 1.807) is 30.3 Å². The molecule has 0 fully saturated rings. The molecule has 0 aliphatic heterocycles. The molecule has 0 saturated carbocycles. The van der Waals surface area contributed by atoms with Crippen LogP contribution in [0.1, 0.15) is 26.4 Å². The van der Waals surface area contributed by atoms with Crippen molar-refractivity contribution in [2.45, 2.75) is 6.92 Å². The van der Waals surface area contributed by atoms with Gasteiger partial charge >= 0.3 is 0 Å². The van der Waals surface area contributed by atoms with E-state index in [4.69, 9.17) is 10.5 Å². The van der Waals surface area contributed by atoms with Gasteiger partial charge in [-0.05, 0) is 47.7 Å². The van der Waals surface area contributed by atoms with Crippen LogP contribution in [-0.2, 0) is 0 Å². The second kappa shape index (κ2) is 5.97. The molecule has 0 N–H and O–H groups in total. The van der Waals surface area contributed by atoms with Gasteiger partial charge in [-0.15, -0.1) is 11.3 Å². The fraction of sp³-hybridized carbons (Fsp3) is 0.0625. The molecule has 96 valence electrons. The summed E-state index contributed by atoms with van der Waals surface area (Å²) < 4.78 is 0. The van der Waals surface area contributed by atoms with E-state index in [0.717, 1.165) is 11.1 Å². The van der Waals surface area contributed by atoms with Crippen molar-refractivity contribution in [3.63, 3.8) is 0 Å². The smallest absolute Gasteiger partial charge is 0.213 e. The van der Waals surface area contributed by atoms with Crippen LogP contribution in [0.3, 0.4) is 0 Å². The van der Waals surface area contributed by atoms with E-state index in [2.05, 4.69) is 0 Å². The molecule has 1 aromatic heterocycles. The van der Waals surface area contributed by atoms with E-state index >= 15 is 0 Å². The number of benzene rings is 1. The Labute approximate surface area is 121 Å². The number of nitriles is 2. The first-order chi connectivity index (χ1) is 9.65. The average Bonchev–Trinajstić information content (AvgIpc) is 2.91. The first-order valence-electron chi connectivity index (χ1n) is 5.86. The third-order valence-corrected chi connectivity index (χ3v) is 3.80. The summed E-state index contributed by atoms with van der Waals surface area (Å²) in [6.07, 6.45) is 1.54. The zero-order chi connectivity index (χ0) is 14.5. The Bertz CT molecular complexity index is 755. The Hall–Kier alpha value is -2.69. The number of nitrogens with zero attached hydrogens (tertiary/aromatic N) is 2. The van der Waals surface area contributed by atoms with E-state index in [9.17, 15) is 4.79 Å². The number of rotatable bonds is 3. The highest BCUT2D eigenvalue weighted by molar-refractivity contribution is 7.12. The largest absolute Gasteiger partial charge is 0.287 e. The molecule has 0 atom stereocenters. The molecule has 0 unspecified atom stereocenters. The normalized spacial score (nSPS) is 10.7. The Morgan fingerprint density at radius 1 is 1.20 bits per heavy atom. The Morgan fingerprint density at radius 3 is 2.40 bits per heavy atom. The minimum absolute atomic E-state index is 0.0975. The second-order valence-electron chi connectivity index (χ2n) is 4.17. The number of carbonyl (C=O) groups excluding carboxylic acids is 1. The first kappa shape index (κ1) is 13.7. The number of ketones is 1. The van der Waals surface area contributed by atoms with Crippen LogP contribution < -0.4 is 0 Å². The van der Waals surface area contributed by atoms with Crippen molar-refractivity contribution in [2.24, 2.45) is 0 Å². The number of Topliss-reactive ketones (excluding diaryl/α,β-unsaturated/α-hetero) is 1. The fourth-order valence-corrected chi connectivity index (χ4v) is 2.58. The van der Waals surface area contributed by atoms with E-state index < -0.39 is 0 Å². The van der Waals surface area contributed by atoms with Gasteiger partial charge in [-0.1, -0.05) is 12.1 Å². The van der Waals surface area contributed by atoms with Crippen molar-refractivity contribution in [2.75, 3.05) is 0 Å². The molecule has 0 bridgehead atoms. The highest BCUT2D eigenvalue weighted by atomic mass is 32.1. The fourth-order valence-electron chi connectivity index (χ4n) is 1.70. The zero-order valence-corrected chi connectivity index (χ0v) is 11.6. The quantitative estimate of drug-likeness (QED) is 0.488. The molecule has 2 rings (SSSR count). The van der Waals surface area contributed by atoms with Gasteiger partial charge in [0.2, 0.25) is 5.78 Å². The molecule has 0 spiro atoms. The van der Waals surface area contributed by atoms with Gasteiger partial charge in [0.1, 0.15) is 11.6 Å². The van der Waals surface area contributed by atoms with E-state index in [1.807, 2.05) is 30.5 Å². The number of aryl methyl sites for hydroxylation is 1. The van der Waals surface area contributed by atoms with Crippen molar-refractivity contribution in [1.29, 1.82) is 10.5 Å². The van der Waals surface area contributed by atoms with Gasteiger partial charge < -0.3 is 0 Å². The standard InChI is InChI=1S/C16H10N2OS/c1-11-6-7-20-16(11)15(19)14(10-18)8-12-2-4-13(9-17)5-3-12/h2-8H,1H3/b14-8-. The maximum atomic E-state index is 12.3. The maximum absolute atomic E-state index is 12.3. The summed E-state index contributed by atoms with van der Waals surface area (Å²) in [7, 11) is 0. The summed E-state index contributed by atoms with van der Waals surface area (Å²) in [4.78, 5) is 12.8. The molecule has 0 saturated heterocycles. The van der Waals surface area contributed by atoms with Crippen LogP contribution in [0.5, 0.6) is 0 Å². The Morgan fingerprint density at radius 2 is 1.90 bits per heavy atom. The lowest BCUT2D eigenvalue weighted by Crippen LogP contribution is -2.01. The summed E-state index contributed by atoms with van der Waals surface area (Å²) >= 11 is 1.33. The average molecular weight is 278 g/mol. The van der Waals surface area contributed by atoms with E-state index in [1.165, 1.54) is 11.3 Å². The summed E-state index contributed by atoms with van der Waals surface area (Å²) in [6.45, 7) is 1.85. The summed E-state index contributed by atoms with van der Waals surface area (Å²) in [5, 5.41) is 19.7. The van der Waals surface area contributed by atoms with Crippen LogP contribution in [0.25, 0.3) is 6.08 Å². The number of allylic oxidation sites excluding steroid dienone is 1. The lowest BCUT2D eigenvalue weighted by molar-refractivity contribution is 0.104. The molecule has 4 heteroatoms. The maximum Gasteiger partial charge on any atom is 0.213 e. The molecule has 0 aliphatic rings. The van der Waals surface area contributed by atoms with Crippen LogP contribution >= 0.6 is 11.3 Å². The number of carbonyl (C=O) groups is 1. The molecule has 0 aliphatic carbocycles. The zero-order valence-electron chi connectivity index (χ0n) is 10.8. The summed E-state index contributed by atoms with van der Waals surface area (Å²) in [6, 6.07) is 12.6. The van der Waals surface area contributed by atoms with Gasteiger partial charge in [-0.3, -0.25) is 4.79 Å². The SMILES string of the molecule is Cc1ccsc1C(=O)/C(C#N)=C\c1ccc(C#N)cc1. The molecule has 1 heterocycles. The number of thiophene rings is 1. The molecule has 0 amide bonds. The molecular weight excluding hydrogens is 268 g/mol. The first-order valence-corrected chi connectivity index (χ1v) is 6.74. The molecule has 3 nitrogen and oxygen atoms in total. The minimum atomic E-state index is -0.260. The van der Waals surface area contributed by atoms with Crippen LogP contribution in [0.4, 0.5) is 0 Å². The predicted octanol–water partition coefficient (Wildman–Crippen LogP) is 3.72. The van der Waals surface area contributed by atoms with Gasteiger partial charge in [-0.2, -0.15) is 10.5 Å². The number of hydrogen-bond acceptors (Lipinski definition) is 4. The molecule has 20 heavy (non-hydrogen) atoms. The predicted molar refractivity (Wildman–Crippen MR) is 78.1 cm³/mol. The van der Waals surface area contributed by atoms with Crippen LogP contribution in [0.15, 0.2) is 41.3 Å². The number of hydrogen-bond donors (Lipinski definition) is 0. The lowest BCUT2D eigenvalue weighted by atomic mass is 10.0. The van der Waals surface area contributed by atoms with E-state index in [0.29, 0.717) is 10.4 Å². The third-order valence-electron chi connectivity index (χ3n) is 2.78. The Balaban J connectivity index is 2.35.